The summed E-state index contributed by atoms with van der Waals surface area (Å²) in [4.78, 5) is 43.2. The number of alkyl carbamates (subject to hydrolysis) is 1. The molecule has 0 radical (unpaired) electrons. The molecule has 1 amide bonds. The SMILES string of the molecule is Cc1ccc(C(NC(=O)OC(C)(C)C)C(OC(=O)c2ccccn2)C(=O)c2ccccc2)cc1. The average Bonchev–Trinajstić information content (AvgIpc) is 2.81. The summed E-state index contributed by atoms with van der Waals surface area (Å²) in [6.07, 6.45) is -0.647. The number of carbonyl (C=O) groups excluding carboxylic acids is 3. The molecular weight excluding hydrogens is 432 g/mol. The second-order valence-corrected chi connectivity index (χ2v) is 8.81. The van der Waals surface area contributed by atoms with Crippen molar-refractivity contribution in [3.05, 3.63) is 101 Å². The van der Waals surface area contributed by atoms with E-state index in [1.807, 2.05) is 19.1 Å². The minimum atomic E-state index is -1.37. The minimum Gasteiger partial charge on any atom is -0.447 e. The molecule has 34 heavy (non-hydrogen) atoms. The number of rotatable bonds is 7. The van der Waals surface area contributed by atoms with Crippen LogP contribution >= 0.6 is 0 Å². The number of esters is 1. The summed E-state index contributed by atoms with van der Waals surface area (Å²) in [5, 5.41) is 2.74. The molecule has 0 saturated carbocycles. The number of hydrogen-bond acceptors (Lipinski definition) is 6. The number of ketones is 1. The lowest BCUT2D eigenvalue weighted by Gasteiger charge is -2.29. The fourth-order valence-corrected chi connectivity index (χ4v) is 3.24. The highest BCUT2D eigenvalue weighted by atomic mass is 16.6. The Kier molecular flexibility index (Phi) is 7.79. The van der Waals surface area contributed by atoms with Crippen LogP contribution in [0.15, 0.2) is 79.0 Å². The number of Topliss-reactive ketones (excluding diaryl/α,β-unsaturated/α-hetero) is 1. The number of pyridine rings is 1. The summed E-state index contributed by atoms with van der Waals surface area (Å²) >= 11 is 0. The zero-order valence-corrected chi connectivity index (χ0v) is 19.6. The highest BCUT2D eigenvalue weighted by Gasteiger charge is 2.36. The molecule has 0 spiro atoms. The molecule has 0 aliphatic heterocycles. The van der Waals surface area contributed by atoms with E-state index >= 15 is 0 Å². The molecule has 2 unspecified atom stereocenters. The maximum atomic E-state index is 13.6. The summed E-state index contributed by atoms with van der Waals surface area (Å²) in [6, 6.07) is 19.5. The molecule has 2 aromatic carbocycles. The van der Waals surface area contributed by atoms with Crippen molar-refractivity contribution in [1.82, 2.24) is 10.3 Å². The highest BCUT2D eigenvalue weighted by Crippen LogP contribution is 2.25. The van der Waals surface area contributed by atoms with Gasteiger partial charge in [0.1, 0.15) is 17.3 Å². The first kappa shape index (κ1) is 24.6. The van der Waals surface area contributed by atoms with Crippen molar-refractivity contribution in [2.24, 2.45) is 0 Å². The average molecular weight is 461 g/mol. The zero-order chi connectivity index (χ0) is 24.7. The van der Waals surface area contributed by atoms with Crippen LogP contribution in [-0.2, 0) is 9.47 Å². The second-order valence-electron chi connectivity index (χ2n) is 8.81. The van der Waals surface area contributed by atoms with Crippen molar-refractivity contribution in [1.29, 1.82) is 0 Å². The van der Waals surface area contributed by atoms with Crippen molar-refractivity contribution in [2.75, 3.05) is 0 Å². The van der Waals surface area contributed by atoms with Gasteiger partial charge in [-0.05, 0) is 45.4 Å². The maximum Gasteiger partial charge on any atom is 0.408 e. The van der Waals surface area contributed by atoms with E-state index in [0.717, 1.165) is 5.56 Å². The molecule has 7 heteroatoms. The molecule has 0 saturated heterocycles. The number of nitrogens with zero attached hydrogens (tertiary/aromatic N) is 1. The highest BCUT2D eigenvalue weighted by molar-refractivity contribution is 6.02. The number of carbonyl (C=O) groups is 3. The summed E-state index contributed by atoms with van der Waals surface area (Å²) in [5.74, 6) is -1.25. The van der Waals surface area contributed by atoms with Crippen LogP contribution < -0.4 is 5.32 Å². The van der Waals surface area contributed by atoms with E-state index in [-0.39, 0.29) is 5.69 Å². The Morgan fingerprint density at radius 3 is 2.12 bits per heavy atom. The lowest BCUT2D eigenvalue weighted by atomic mass is 9.94. The Hall–Kier alpha value is -4.00. The number of amides is 1. The molecule has 3 rings (SSSR count). The summed E-state index contributed by atoms with van der Waals surface area (Å²) in [5.41, 5.74) is 1.21. The van der Waals surface area contributed by atoms with Crippen molar-refractivity contribution in [3.8, 4) is 0 Å². The van der Waals surface area contributed by atoms with Crippen LogP contribution in [0.2, 0.25) is 0 Å². The second kappa shape index (κ2) is 10.7. The van der Waals surface area contributed by atoms with E-state index in [0.29, 0.717) is 11.1 Å². The van der Waals surface area contributed by atoms with Gasteiger partial charge in [-0.3, -0.25) is 4.79 Å². The number of ether oxygens (including phenoxy) is 2. The zero-order valence-electron chi connectivity index (χ0n) is 19.6. The van der Waals surface area contributed by atoms with Crippen LogP contribution in [-0.4, -0.2) is 34.5 Å². The Morgan fingerprint density at radius 2 is 1.53 bits per heavy atom. The number of nitrogens with one attached hydrogen (secondary N) is 1. The van der Waals surface area contributed by atoms with Crippen LogP contribution in [0.3, 0.4) is 0 Å². The molecule has 1 aromatic heterocycles. The van der Waals surface area contributed by atoms with Crippen molar-refractivity contribution in [2.45, 2.75) is 45.4 Å². The van der Waals surface area contributed by atoms with Crippen LogP contribution in [0.1, 0.15) is 58.8 Å². The Morgan fingerprint density at radius 1 is 0.882 bits per heavy atom. The molecule has 3 aromatic rings. The molecule has 0 bridgehead atoms. The fraction of sp³-hybridized carbons (Fsp3) is 0.259. The topological polar surface area (TPSA) is 94.6 Å². The fourth-order valence-electron chi connectivity index (χ4n) is 3.24. The largest absolute Gasteiger partial charge is 0.447 e. The molecule has 0 fully saturated rings. The monoisotopic (exact) mass is 460 g/mol. The van der Waals surface area contributed by atoms with Gasteiger partial charge in [-0.25, -0.2) is 14.6 Å². The number of aryl methyl sites for hydroxylation is 1. The molecular formula is C27H28N2O5. The normalized spacial score (nSPS) is 12.8. The first-order valence-electron chi connectivity index (χ1n) is 10.9. The van der Waals surface area contributed by atoms with E-state index in [2.05, 4.69) is 10.3 Å². The van der Waals surface area contributed by atoms with Crippen LogP contribution in [0.4, 0.5) is 4.79 Å². The predicted molar refractivity (Wildman–Crippen MR) is 128 cm³/mol. The lowest BCUT2D eigenvalue weighted by molar-refractivity contribution is 0.0145. The van der Waals surface area contributed by atoms with Crippen LogP contribution in [0.25, 0.3) is 0 Å². The molecule has 2 atom stereocenters. The first-order chi connectivity index (χ1) is 16.1. The van der Waals surface area contributed by atoms with Gasteiger partial charge < -0.3 is 14.8 Å². The smallest absolute Gasteiger partial charge is 0.408 e. The third-order valence-electron chi connectivity index (χ3n) is 4.84. The quantitative estimate of drug-likeness (QED) is 0.391. The van der Waals surface area contributed by atoms with Gasteiger partial charge in [0.05, 0.1) is 0 Å². The summed E-state index contributed by atoms with van der Waals surface area (Å²) in [7, 11) is 0. The lowest BCUT2D eigenvalue weighted by Crippen LogP contribution is -2.44. The Bertz CT molecular complexity index is 1120. The van der Waals surface area contributed by atoms with Crippen molar-refractivity contribution < 1.29 is 23.9 Å². The molecule has 7 nitrogen and oxygen atoms in total. The maximum absolute atomic E-state index is 13.6. The van der Waals surface area contributed by atoms with Crippen LogP contribution in [0, 0.1) is 6.92 Å². The van der Waals surface area contributed by atoms with Gasteiger partial charge in [0.15, 0.2) is 6.10 Å². The predicted octanol–water partition coefficient (Wildman–Crippen LogP) is 5.06. The standard InChI is InChI=1S/C27H28N2O5/c1-18-13-15-19(16-14-18)22(29-26(32)34-27(2,3)4)24(23(30)20-10-6-5-7-11-20)33-25(31)21-12-8-9-17-28-21/h5-17,22,24H,1-4H3,(H,29,32). The van der Waals surface area contributed by atoms with Gasteiger partial charge in [-0.1, -0.05) is 66.2 Å². The van der Waals surface area contributed by atoms with E-state index in [1.165, 1.54) is 12.3 Å². The Labute approximate surface area is 199 Å². The van der Waals surface area contributed by atoms with E-state index in [4.69, 9.17) is 9.47 Å². The van der Waals surface area contributed by atoms with Crippen molar-refractivity contribution >= 4 is 17.8 Å². The summed E-state index contributed by atoms with van der Waals surface area (Å²) < 4.78 is 11.1. The molecule has 0 aliphatic rings. The summed E-state index contributed by atoms with van der Waals surface area (Å²) in [6.45, 7) is 7.14. The number of hydrogen-bond donors (Lipinski definition) is 1. The van der Waals surface area contributed by atoms with Gasteiger partial charge >= 0.3 is 12.1 Å². The number of aromatic nitrogens is 1. The van der Waals surface area contributed by atoms with Crippen LogP contribution in [0.5, 0.6) is 0 Å². The third-order valence-corrected chi connectivity index (χ3v) is 4.84. The first-order valence-corrected chi connectivity index (χ1v) is 10.9. The van der Waals surface area contributed by atoms with E-state index in [1.54, 1.807) is 75.4 Å². The van der Waals surface area contributed by atoms with Crippen molar-refractivity contribution in [3.63, 3.8) is 0 Å². The van der Waals surface area contributed by atoms with E-state index in [9.17, 15) is 14.4 Å². The molecule has 1 N–H and O–H groups in total. The molecule has 1 heterocycles. The van der Waals surface area contributed by atoms with E-state index < -0.39 is 35.6 Å². The minimum absolute atomic E-state index is 0.0493. The van der Waals surface area contributed by atoms with Gasteiger partial charge in [-0.2, -0.15) is 0 Å². The van der Waals surface area contributed by atoms with Gasteiger partial charge in [-0.15, -0.1) is 0 Å². The number of benzene rings is 2. The van der Waals surface area contributed by atoms with Gasteiger partial charge in [0.25, 0.3) is 0 Å². The molecule has 176 valence electrons. The third kappa shape index (κ3) is 6.75. The molecule has 0 aliphatic carbocycles. The Balaban J connectivity index is 2.03. The van der Waals surface area contributed by atoms with Gasteiger partial charge in [0, 0.05) is 11.8 Å². The van der Waals surface area contributed by atoms with Gasteiger partial charge in [0.2, 0.25) is 5.78 Å².